The lowest BCUT2D eigenvalue weighted by Crippen LogP contribution is -2.29. The van der Waals surface area contributed by atoms with Crippen LogP contribution in [-0.2, 0) is 0 Å². The summed E-state index contributed by atoms with van der Waals surface area (Å²) in [5.41, 5.74) is 1.55. The van der Waals surface area contributed by atoms with Crippen LogP contribution in [0.15, 0.2) is 24.3 Å². The fourth-order valence-corrected chi connectivity index (χ4v) is 2.59. The Morgan fingerprint density at radius 1 is 1.37 bits per heavy atom. The standard InChI is InChI=1S/C15H22N2O2/c1-2-16-14-6-4-3-5-13(14)15(19)17-10-11-7-8-12(18)9-11/h3-6,11-12,16,18H,2,7-10H2,1H3,(H,17,19). The van der Waals surface area contributed by atoms with Crippen LogP contribution >= 0.6 is 0 Å². The topological polar surface area (TPSA) is 61.4 Å². The second-order valence-electron chi connectivity index (χ2n) is 5.12. The summed E-state index contributed by atoms with van der Waals surface area (Å²) in [4.78, 5) is 12.2. The second-order valence-corrected chi connectivity index (χ2v) is 5.12. The Labute approximate surface area is 114 Å². The minimum atomic E-state index is -0.184. The number of benzene rings is 1. The van der Waals surface area contributed by atoms with Gasteiger partial charge in [0.2, 0.25) is 0 Å². The van der Waals surface area contributed by atoms with Crippen molar-refractivity contribution >= 4 is 11.6 Å². The van der Waals surface area contributed by atoms with E-state index < -0.39 is 0 Å². The van der Waals surface area contributed by atoms with Gasteiger partial charge in [0.15, 0.2) is 0 Å². The van der Waals surface area contributed by atoms with Crippen molar-refractivity contribution in [1.29, 1.82) is 0 Å². The Morgan fingerprint density at radius 3 is 2.84 bits per heavy atom. The molecule has 19 heavy (non-hydrogen) atoms. The first-order chi connectivity index (χ1) is 9.20. The number of rotatable bonds is 5. The molecule has 1 aromatic carbocycles. The predicted octanol–water partition coefficient (Wildman–Crippen LogP) is 2.01. The number of carbonyl (C=O) groups is 1. The van der Waals surface area contributed by atoms with Crippen LogP contribution in [0.1, 0.15) is 36.5 Å². The molecule has 0 bridgehead atoms. The van der Waals surface area contributed by atoms with Crippen LogP contribution < -0.4 is 10.6 Å². The van der Waals surface area contributed by atoms with Crippen LogP contribution in [-0.4, -0.2) is 30.2 Å². The van der Waals surface area contributed by atoms with Crippen LogP contribution in [0, 0.1) is 5.92 Å². The zero-order valence-corrected chi connectivity index (χ0v) is 11.4. The molecule has 1 saturated carbocycles. The van der Waals surface area contributed by atoms with E-state index in [-0.39, 0.29) is 12.0 Å². The Balaban J connectivity index is 1.92. The van der Waals surface area contributed by atoms with Crippen molar-refractivity contribution in [3.63, 3.8) is 0 Å². The molecule has 2 rings (SSSR count). The lowest BCUT2D eigenvalue weighted by atomic mass is 10.1. The molecule has 4 heteroatoms. The van der Waals surface area contributed by atoms with E-state index >= 15 is 0 Å². The molecule has 2 atom stereocenters. The van der Waals surface area contributed by atoms with Crippen LogP contribution in [0.4, 0.5) is 5.69 Å². The molecular weight excluding hydrogens is 240 g/mol. The van der Waals surface area contributed by atoms with E-state index in [2.05, 4.69) is 10.6 Å². The summed E-state index contributed by atoms with van der Waals surface area (Å²) >= 11 is 0. The van der Waals surface area contributed by atoms with Gasteiger partial charge in [0.1, 0.15) is 0 Å². The van der Waals surface area contributed by atoms with E-state index in [9.17, 15) is 9.90 Å². The molecule has 2 unspecified atom stereocenters. The van der Waals surface area contributed by atoms with Crippen molar-refractivity contribution in [1.82, 2.24) is 5.32 Å². The van der Waals surface area contributed by atoms with Gasteiger partial charge in [-0.05, 0) is 44.2 Å². The summed E-state index contributed by atoms with van der Waals surface area (Å²) in [7, 11) is 0. The molecule has 4 nitrogen and oxygen atoms in total. The first kappa shape index (κ1) is 13.9. The Bertz CT molecular complexity index is 434. The number of amides is 1. The maximum absolute atomic E-state index is 12.2. The van der Waals surface area contributed by atoms with Gasteiger partial charge in [-0.25, -0.2) is 0 Å². The van der Waals surface area contributed by atoms with Crippen molar-refractivity contribution < 1.29 is 9.90 Å². The summed E-state index contributed by atoms with van der Waals surface area (Å²) in [6, 6.07) is 7.53. The number of aliphatic hydroxyl groups is 1. The van der Waals surface area contributed by atoms with E-state index in [4.69, 9.17) is 0 Å². The van der Waals surface area contributed by atoms with E-state index in [1.807, 2.05) is 31.2 Å². The third-order valence-electron chi connectivity index (χ3n) is 3.60. The molecule has 1 aliphatic carbocycles. The lowest BCUT2D eigenvalue weighted by Gasteiger charge is -2.13. The largest absolute Gasteiger partial charge is 0.393 e. The Morgan fingerprint density at radius 2 is 2.16 bits per heavy atom. The molecule has 0 aromatic heterocycles. The van der Waals surface area contributed by atoms with E-state index in [0.717, 1.165) is 31.5 Å². The highest BCUT2D eigenvalue weighted by Gasteiger charge is 2.23. The zero-order chi connectivity index (χ0) is 13.7. The summed E-state index contributed by atoms with van der Waals surface area (Å²) in [5, 5.41) is 15.6. The molecule has 1 aromatic rings. The molecule has 1 aliphatic rings. The molecule has 0 heterocycles. The molecule has 104 valence electrons. The highest BCUT2D eigenvalue weighted by atomic mass is 16.3. The molecular formula is C15H22N2O2. The van der Waals surface area contributed by atoms with E-state index in [1.165, 1.54) is 0 Å². The minimum Gasteiger partial charge on any atom is -0.393 e. The second kappa shape index (κ2) is 6.57. The summed E-state index contributed by atoms with van der Waals surface area (Å²) in [6.45, 7) is 3.45. The van der Waals surface area contributed by atoms with Crippen molar-refractivity contribution in [3.8, 4) is 0 Å². The minimum absolute atomic E-state index is 0.0436. The van der Waals surface area contributed by atoms with Crippen molar-refractivity contribution in [2.45, 2.75) is 32.3 Å². The SMILES string of the molecule is CCNc1ccccc1C(=O)NCC1CCC(O)C1. The van der Waals surface area contributed by atoms with Crippen LogP contribution in [0.5, 0.6) is 0 Å². The number of para-hydroxylation sites is 1. The number of nitrogens with one attached hydrogen (secondary N) is 2. The molecule has 3 N–H and O–H groups in total. The predicted molar refractivity (Wildman–Crippen MR) is 76.3 cm³/mol. The van der Waals surface area contributed by atoms with Gasteiger partial charge in [-0.2, -0.15) is 0 Å². The van der Waals surface area contributed by atoms with E-state index in [0.29, 0.717) is 18.0 Å². The monoisotopic (exact) mass is 262 g/mol. The van der Waals surface area contributed by atoms with Crippen LogP contribution in [0.25, 0.3) is 0 Å². The summed E-state index contributed by atoms with van der Waals surface area (Å²) in [6.07, 6.45) is 2.47. The molecule has 0 aliphatic heterocycles. The van der Waals surface area contributed by atoms with Gasteiger partial charge in [0.05, 0.1) is 11.7 Å². The van der Waals surface area contributed by atoms with Crippen molar-refractivity contribution in [2.24, 2.45) is 5.92 Å². The summed E-state index contributed by atoms with van der Waals surface area (Å²) < 4.78 is 0. The number of anilines is 1. The van der Waals surface area contributed by atoms with Gasteiger partial charge >= 0.3 is 0 Å². The smallest absolute Gasteiger partial charge is 0.253 e. The summed E-state index contributed by atoms with van der Waals surface area (Å²) in [5.74, 6) is 0.364. The number of aliphatic hydroxyl groups excluding tert-OH is 1. The lowest BCUT2D eigenvalue weighted by molar-refractivity contribution is 0.0946. The Hall–Kier alpha value is -1.55. The Kier molecular flexibility index (Phi) is 4.80. The molecule has 0 saturated heterocycles. The van der Waals surface area contributed by atoms with Gasteiger partial charge < -0.3 is 15.7 Å². The average Bonchev–Trinajstić information content (AvgIpc) is 2.83. The maximum Gasteiger partial charge on any atom is 0.253 e. The van der Waals surface area contributed by atoms with Gasteiger partial charge in [0, 0.05) is 18.8 Å². The fraction of sp³-hybridized carbons (Fsp3) is 0.533. The molecule has 1 amide bonds. The van der Waals surface area contributed by atoms with E-state index in [1.54, 1.807) is 0 Å². The van der Waals surface area contributed by atoms with Gasteiger partial charge in [-0.1, -0.05) is 12.1 Å². The maximum atomic E-state index is 12.2. The van der Waals surface area contributed by atoms with Crippen LogP contribution in [0.2, 0.25) is 0 Å². The average molecular weight is 262 g/mol. The van der Waals surface area contributed by atoms with Gasteiger partial charge in [-0.3, -0.25) is 4.79 Å². The van der Waals surface area contributed by atoms with Crippen molar-refractivity contribution in [2.75, 3.05) is 18.4 Å². The quantitative estimate of drug-likeness (QED) is 0.760. The molecule has 0 radical (unpaired) electrons. The molecule has 0 spiro atoms. The number of hydrogen-bond donors (Lipinski definition) is 3. The number of hydrogen-bond acceptors (Lipinski definition) is 3. The zero-order valence-electron chi connectivity index (χ0n) is 11.4. The normalized spacial score (nSPS) is 22.2. The highest BCUT2D eigenvalue weighted by molar-refractivity contribution is 5.99. The third kappa shape index (κ3) is 3.70. The first-order valence-corrected chi connectivity index (χ1v) is 7.00. The highest BCUT2D eigenvalue weighted by Crippen LogP contribution is 2.24. The first-order valence-electron chi connectivity index (χ1n) is 7.00. The molecule has 1 fully saturated rings. The fourth-order valence-electron chi connectivity index (χ4n) is 2.59. The number of carbonyl (C=O) groups excluding carboxylic acids is 1. The van der Waals surface area contributed by atoms with Gasteiger partial charge in [0.25, 0.3) is 5.91 Å². The van der Waals surface area contributed by atoms with Gasteiger partial charge in [-0.15, -0.1) is 0 Å². The third-order valence-corrected chi connectivity index (χ3v) is 3.60. The van der Waals surface area contributed by atoms with Crippen LogP contribution in [0.3, 0.4) is 0 Å². The van der Waals surface area contributed by atoms with Crippen molar-refractivity contribution in [3.05, 3.63) is 29.8 Å².